The van der Waals surface area contributed by atoms with Gasteiger partial charge in [0.2, 0.25) is 0 Å². The normalized spacial score (nSPS) is 20.3. The summed E-state index contributed by atoms with van der Waals surface area (Å²) >= 11 is 0. The second-order valence-corrected chi connectivity index (χ2v) is 9.33. The molecule has 35 heavy (non-hydrogen) atoms. The fourth-order valence-electron chi connectivity index (χ4n) is 3.95. The fourth-order valence-corrected chi connectivity index (χ4v) is 3.95. The van der Waals surface area contributed by atoms with E-state index in [9.17, 15) is 0 Å². The summed E-state index contributed by atoms with van der Waals surface area (Å²) in [6.07, 6.45) is 17.6. The molecule has 1 fully saturated rings. The van der Waals surface area contributed by atoms with E-state index in [2.05, 4.69) is 6.92 Å². The van der Waals surface area contributed by atoms with E-state index < -0.39 is 0 Å². The number of hydrogen-bond donors (Lipinski definition) is 0. The maximum absolute atomic E-state index is 5.93. The molecule has 0 aromatic carbocycles. The van der Waals surface area contributed by atoms with Crippen LogP contribution >= 0.6 is 0 Å². The molecule has 1 atom stereocenters. The van der Waals surface area contributed by atoms with Crippen molar-refractivity contribution in [3.05, 3.63) is 0 Å². The van der Waals surface area contributed by atoms with Crippen LogP contribution in [0.4, 0.5) is 0 Å². The molecule has 1 heterocycles. The van der Waals surface area contributed by atoms with E-state index >= 15 is 0 Å². The Morgan fingerprint density at radius 2 is 0.886 bits per heavy atom. The zero-order chi connectivity index (χ0) is 24.9. The average Bonchev–Trinajstić information content (AvgIpc) is 2.87. The lowest BCUT2D eigenvalue weighted by Crippen LogP contribution is -2.28. The third-order valence-electron chi connectivity index (χ3n) is 6.07. The highest BCUT2D eigenvalue weighted by molar-refractivity contribution is 4.57. The molecule has 7 nitrogen and oxygen atoms in total. The second-order valence-electron chi connectivity index (χ2n) is 9.33. The van der Waals surface area contributed by atoms with Crippen LogP contribution < -0.4 is 0 Å². The van der Waals surface area contributed by atoms with Crippen molar-refractivity contribution in [2.24, 2.45) is 0 Å². The van der Waals surface area contributed by atoms with Crippen LogP contribution in [-0.4, -0.2) is 92.0 Å². The Labute approximate surface area is 215 Å². The first-order valence-electron chi connectivity index (χ1n) is 14.5. The third-order valence-corrected chi connectivity index (χ3v) is 6.07. The molecule has 0 saturated carbocycles. The summed E-state index contributed by atoms with van der Waals surface area (Å²) < 4.78 is 39.6. The van der Waals surface area contributed by atoms with Gasteiger partial charge in [-0.15, -0.1) is 0 Å². The van der Waals surface area contributed by atoms with Crippen molar-refractivity contribution >= 4 is 0 Å². The van der Waals surface area contributed by atoms with Gasteiger partial charge in [-0.2, -0.15) is 0 Å². The Kier molecular flexibility index (Phi) is 26.5. The van der Waals surface area contributed by atoms with Gasteiger partial charge in [0.1, 0.15) is 6.10 Å². The number of ether oxygens (including phenoxy) is 7. The number of unbranched alkanes of at least 4 members (excludes halogenated alkanes) is 12. The highest BCUT2D eigenvalue weighted by Gasteiger charge is 2.10. The van der Waals surface area contributed by atoms with Gasteiger partial charge in [0.15, 0.2) is 0 Å². The van der Waals surface area contributed by atoms with Crippen LogP contribution in [0.15, 0.2) is 0 Å². The molecule has 1 unspecified atom stereocenters. The van der Waals surface area contributed by atoms with Gasteiger partial charge in [-0.3, -0.25) is 0 Å². The summed E-state index contributed by atoms with van der Waals surface area (Å²) in [4.78, 5) is 0. The van der Waals surface area contributed by atoms with Crippen LogP contribution in [0, 0.1) is 0 Å². The van der Waals surface area contributed by atoms with Crippen molar-refractivity contribution in [1.82, 2.24) is 0 Å². The fraction of sp³-hybridized carbons (Fsp3) is 1.00. The van der Waals surface area contributed by atoms with E-state index in [0.717, 1.165) is 13.0 Å². The maximum Gasteiger partial charge on any atom is 0.104 e. The molecule has 0 spiro atoms. The van der Waals surface area contributed by atoms with Crippen LogP contribution in [0.1, 0.15) is 90.4 Å². The highest BCUT2D eigenvalue weighted by Crippen LogP contribution is 2.12. The SMILES string of the molecule is CCCCCCCCCCCCCCCOCC1COCCOCCOCCOCCOCCO1. The molecule has 1 aliphatic rings. The van der Waals surface area contributed by atoms with Crippen molar-refractivity contribution in [1.29, 1.82) is 0 Å². The summed E-state index contributed by atoms with van der Waals surface area (Å²) in [6.45, 7) is 9.67. The minimum atomic E-state index is -0.0842. The molecule has 0 radical (unpaired) electrons. The van der Waals surface area contributed by atoms with Gasteiger partial charge in [-0.25, -0.2) is 0 Å². The first-order chi connectivity index (χ1) is 17.4. The van der Waals surface area contributed by atoms with Gasteiger partial charge in [-0.05, 0) is 6.42 Å². The van der Waals surface area contributed by atoms with Gasteiger partial charge >= 0.3 is 0 Å². The monoisotopic (exact) mass is 504 g/mol. The van der Waals surface area contributed by atoms with Gasteiger partial charge in [0.25, 0.3) is 0 Å². The molecule has 7 heteroatoms. The molecule has 1 saturated heterocycles. The van der Waals surface area contributed by atoms with E-state index in [1.165, 1.54) is 77.0 Å². The predicted octanol–water partition coefficient (Wildman–Crippen LogP) is 5.58. The lowest BCUT2D eigenvalue weighted by molar-refractivity contribution is -0.0846. The summed E-state index contributed by atoms with van der Waals surface area (Å²) in [5.74, 6) is 0. The smallest absolute Gasteiger partial charge is 0.104 e. The predicted molar refractivity (Wildman–Crippen MR) is 140 cm³/mol. The Hall–Kier alpha value is -0.280. The summed E-state index contributed by atoms with van der Waals surface area (Å²) in [7, 11) is 0. The maximum atomic E-state index is 5.93. The molecule has 1 rings (SSSR count). The molecule has 210 valence electrons. The van der Waals surface area contributed by atoms with Crippen molar-refractivity contribution < 1.29 is 33.2 Å². The first-order valence-corrected chi connectivity index (χ1v) is 14.5. The van der Waals surface area contributed by atoms with Gasteiger partial charge in [-0.1, -0.05) is 84.0 Å². The van der Waals surface area contributed by atoms with Crippen molar-refractivity contribution in [3.8, 4) is 0 Å². The van der Waals surface area contributed by atoms with E-state index in [4.69, 9.17) is 33.2 Å². The zero-order valence-electron chi connectivity index (χ0n) is 22.8. The van der Waals surface area contributed by atoms with Gasteiger partial charge < -0.3 is 33.2 Å². The molecular weight excluding hydrogens is 448 g/mol. The average molecular weight is 505 g/mol. The lowest BCUT2D eigenvalue weighted by Gasteiger charge is -2.19. The van der Waals surface area contributed by atoms with Gasteiger partial charge in [0.05, 0.1) is 79.3 Å². The number of hydrogen-bond acceptors (Lipinski definition) is 7. The topological polar surface area (TPSA) is 64.6 Å². The molecule has 0 bridgehead atoms. The van der Waals surface area contributed by atoms with Crippen LogP contribution in [0.5, 0.6) is 0 Å². The minimum absolute atomic E-state index is 0.0842. The standard InChI is InChI=1S/C28H56O7/c1-2-3-4-5-6-7-8-9-10-11-12-13-14-15-33-26-28-27-34-23-22-31-19-18-29-16-17-30-20-21-32-24-25-35-28/h28H,2-27H2,1H3. The summed E-state index contributed by atoms with van der Waals surface area (Å²) in [5, 5.41) is 0. The quantitative estimate of drug-likeness (QED) is 0.254. The van der Waals surface area contributed by atoms with Crippen LogP contribution in [0.2, 0.25) is 0 Å². The Morgan fingerprint density at radius 3 is 1.37 bits per heavy atom. The van der Waals surface area contributed by atoms with Crippen molar-refractivity contribution in [3.63, 3.8) is 0 Å². The summed E-state index contributed by atoms with van der Waals surface area (Å²) in [6, 6.07) is 0. The molecule has 0 N–H and O–H groups in total. The Bertz CT molecular complexity index is 380. The summed E-state index contributed by atoms with van der Waals surface area (Å²) in [5.41, 5.74) is 0. The Morgan fingerprint density at radius 1 is 0.486 bits per heavy atom. The van der Waals surface area contributed by atoms with Crippen LogP contribution in [-0.2, 0) is 33.2 Å². The van der Waals surface area contributed by atoms with Crippen LogP contribution in [0.25, 0.3) is 0 Å². The minimum Gasteiger partial charge on any atom is -0.379 e. The van der Waals surface area contributed by atoms with Crippen LogP contribution in [0.3, 0.4) is 0 Å². The molecule has 1 aliphatic heterocycles. The van der Waals surface area contributed by atoms with E-state index in [1.54, 1.807) is 0 Å². The van der Waals surface area contributed by atoms with Crippen molar-refractivity contribution in [2.75, 3.05) is 85.9 Å². The van der Waals surface area contributed by atoms with E-state index in [-0.39, 0.29) is 6.10 Å². The Balaban J connectivity index is 1.99. The van der Waals surface area contributed by atoms with E-state index in [1.807, 2.05) is 0 Å². The third kappa shape index (κ3) is 25.2. The van der Waals surface area contributed by atoms with Gasteiger partial charge in [0, 0.05) is 6.61 Å². The number of rotatable bonds is 16. The lowest BCUT2D eigenvalue weighted by atomic mass is 10.0. The molecule has 0 aromatic rings. The molecular formula is C28H56O7. The highest BCUT2D eigenvalue weighted by atomic mass is 16.6. The molecule has 0 aliphatic carbocycles. The molecule has 0 aromatic heterocycles. The second kappa shape index (κ2) is 28.3. The zero-order valence-corrected chi connectivity index (χ0v) is 22.8. The molecule has 0 amide bonds. The van der Waals surface area contributed by atoms with E-state index in [0.29, 0.717) is 79.3 Å². The van der Waals surface area contributed by atoms with Crippen molar-refractivity contribution in [2.45, 2.75) is 96.5 Å². The largest absolute Gasteiger partial charge is 0.379 e. The first kappa shape index (κ1) is 32.7.